The van der Waals surface area contributed by atoms with Gasteiger partial charge in [-0.2, -0.15) is 5.26 Å². The van der Waals surface area contributed by atoms with E-state index in [2.05, 4.69) is 11.2 Å². The Bertz CT molecular complexity index is 479. The summed E-state index contributed by atoms with van der Waals surface area (Å²) in [5.41, 5.74) is 0.813. The molecular weight excluding hydrogens is 220 g/mol. The van der Waals surface area contributed by atoms with Gasteiger partial charge in [-0.3, -0.25) is 0 Å². The van der Waals surface area contributed by atoms with Crippen LogP contribution in [0.3, 0.4) is 0 Å². The smallest absolute Gasteiger partial charge is 0.137 e. The molecule has 84 valence electrons. The highest BCUT2D eigenvalue weighted by atomic mass is 32.1. The number of thiophene rings is 1. The van der Waals surface area contributed by atoms with Crippen LogP contribution in [-0.4, -0.2) is 5.16 Å². The van der Waals surface area contributed by atoms with Gasteiger partial charge in [0.15, 0.2) is 0 Å². The molecule has 0 atom stereocenters. The summed E-state index contributed by atoms with van der Waals surface area (Å²) in [5, 5.41) is 12.6. The van der Waals surface area contributed by atoms with Crippen LogP contribution in [0.4, 0.5) is 0 Å². The van der Waals surface area contributed by atoms with Crippen LogP contribution in [0.15, 0.2) is 22.7 Å². The summed E-state index contributed by atoms with van der Waals surface area (Å²) in [5.74, 6) is 0.868. The van der Waals surface area contributed by atoms with Gasteiger partial charge in [0.2, 0.25) is 0 Å². The minimum absolute atomic E-state index is 0.695. The Balaban J connectivity index is 0.000000606. The fourth-order valence-corrected chi connectivity index (χ4v) is 1.89. The zero-order valence-corrected chi connectivity index (χ0v) is 10.5. The van der Waals surface area contributed by atoms with Crippen LogP contribution < -0.4 is 0 Å². The normalized spacial score (nSPS) is 9.12. The first-order valence-corrected chi connectivity index (χ1v) is 6.11. The summed E-state index contributed by atoms with van der Waals surface area (Å²) in [4.78, 5) is 1.67. The molecule has 0 saturated carbocycles. The molecule has 0 aromatic carbocycles. The van der Waals surface area contributed by atoms with Gasteiger partial charge in [0.05, 0.1) is 4.88 Å². The number of nitrogens with zero attached hydrogens (tertiary/aromatic N) is 2. The maximum absolute atomic E-state index is 8.67. The van der Waals surface area contributed by atoms with Crippen molar-refractivity contribution in [3.8, 4) is 16.6 Å². The molecule has 3 nitrogen and oxygen atoms in total. The summed E-state index contributed by atoms with van der Waals surface area (Å²) in [7, 11) is 0. The van der Waals surface area contributed by atoms with E-state index in [1.54, 1.807) is 6.07 Å². The Kier molecular flexibility index (Phi) is 4.74. The Hall–Kier alpha value is -1.60. The van der Waals surface area contributed by atoms with E-state index in [1.165, 1.54) is 11.3 Å². The van der Waals surface area contributed by atoms with Crippen LogP contribution in [0.1, 0.15) is 31.4 Å². The first-order chi connectivity index (χ1) is 7.83. The largest absolute Gasteiger partial charge is 0.361 e. The van der Waals surface area contributed by atoms with Gasteiger partial charge in [0.25, 0.3) is 0 Å². The van der Waals surface area contributed by atoms with Gasteiger partial charge in [-0.15, -0.1) is 11.3 Å². The lowest BCUT2D eigenvalue weighted by atomic mass is 10.3. The van der Waals surface area contributed by atoms with Crippen molar-refractivity contribution < 1.29 is 4.52 Å². The molecule has 0 radical (unpaired) electrons. The molecule has 2 aromatic heterocycles. The van der Waals surface area contributed by atoms with E-state index in [0.29, 0.717) is 4.88 Å². The summed E-state index contributed by atoms with van der Waals surface area (Å²) < 4.78 is 5.08. The van der Waals surface area contributed by atoms with E-state index in [4.69, 9.17) is 9.78 Å². The fourth-order valence-electron chi connectivity index (χ4n) is 1.13. The minimum atomic E-state index is 0.695. The summed E-state index contributed by atoms with van der Waals surface area (Å²) in [6.45, 7) is 6.01. The van der Waals surface area contributed by atoms with E-state index < -0.39 is 0 Å². The van der Waals surface area contributed by atoms with Gasteiger partial charge in [-0.1, -0.05) is 25.9 Å². The Labute approximate surface area is 99.3 Å². The second-order valence-electron chi connectivity index (χ2n) is 2.81. The zero-order chi connectivity index (χ0) is 12.0. The van der Waals surface area contributed by atoms with Gasteiger partial charge in [0.1, 0.15) is 22.4 Å². The summed E-state index contributed by atoms with van der Waals surface area (Å²) in [6.07, 6.45) is 0.837. The lowest BCUT2D eigenvalue weighted by molar-refractivity contribution is 0.389. The maximum atomic E-state index is 8.67. The molecule has 16 heavy (non-hydrogen) atoms. The van der Waals surface area contributed by atoms with E-state index in [1.807, 2.05) is 32.9 Å². The van der Waals surface area contributed by atoms with Crippen molar-refractivity contribution in [1.82, 2.24) is 5.16 Å². The molecule has 0 spiro atoms. The van der Waals surface area contributed by atoms with Gasteiger partial charge in [0, 0.05) is 12.5 Å². The number of hydrogen-bond acceptors (Lipinski definition) is 4. The van der Waals surface area contributed by atoms with E-state index in [0.717, 1.165) is 22.8 Å². The minimum Gasteiger partial charge on any atom is -0.361 e. The highest BCUT2D eigenvalue weighted by molar-refractivity contribution is 7.15. The molecule has 0 fully saturated rings. The molecule has 0 unspecified atom stereocenters. The lowest BCUT2D eigenvalue weighted by Crippen LogP contribution is -1.68. The van der Waals surface area contributed by atoms with Crippen molar-refractivity contribution in [2.75, 3.05) is 0 Å². The number of aromatic nitrogens is 1. The average molecular weight is 234 g/mol. The predicted octanol–water partition coefficient (Wildman–Crippen LogP) is 3.86. The predicted molar refractivity (Wildman–Crippen MR) is 65.3 cm³/mol. The van der Waals surface area contributed by atoms with E-state index in [-0.39, 0.29) is 0 Å². The van der Waals surface area contributed by atoms with Crippen molar-refractivity contribution in [1.29, 1.82) is 5.26 Å². The highest BCUT2D eigenvalue weighted by Gasteiger charge is 2.07. The molecule has 0 saturated heterocycles. The second-order valence-corrected chi connectivity index (χ2v) is 3.89. The standard InChI is InChI=1S/C10H8N2OS.C2H6/c1-2-7-5-9(12-13-7)10-4-3-8(6-11)14-10;1-2/h3-5H,2H2,1H3;1-2H3. The van der Waals surface area contributed by atoms with Crippen molar-refractivity contribution in [2.24, 2.45) is 0 Å². The molecule has 0 aliphatic carbocycles. The average Bonchev–Trinajstić information content (AvgIpc) is 2.99. The molecule has 2 aromatic rings. The first-order valence-electron chi connectivity index (χ1n) is 5.29. The third-order valence-electron chi connectivity index (χ3n) is 1.88. The lowest BCUT2D eigenvalue weighted by Gasteiger charge is -1.83. The molecule has 0 bridgehead atoms. The molecule has 2 heterocycles. The van der Waals surface area contributed by atoms with Crippen LogP contribution in [0.25, 0.3) is 10.6 Å². The summed E-state index contributed by atoms with van der Waals surface area (Å²) in [6, 6.07) is 7.69. The van der Waals surface area contributed by atoms with Gasteiger partial charge < -0.3 is 4.52 Å². The number of nitriles is 1. The van der Waals surface area contributed by atoms with Crippen LogP contribution in [0.2, 0.25) is 0 Å². The highest BCUT2D eigenvalue weighted by Crippen LogP contribution is 2.27. The Morgan fingerprint density at radius 1 is 1.44 bits per heavy atom. The van der Waals surface area contributed by atoms with Crippen molar-refractivity contribution in [2.45, 2.75) is 27.2 Å². The maximum Gasteiger partial charge on any atom is 0.137 e. The third kappa shape index (κ3) is 2.71. The monoisotopic (exact) mass is 234 g/mol. The third-order valence-corrected chi connectivity index (χ3v) is 2.89. The zero-order valence-electron chi connectivity index (χ0n) is 9.65. The Morgan fingerprint density at radius 3 is 2.69 bits per heavy atom. The van der Waals surface area contributed by atoms with Crippen LogP contribution in [-0.2, 0) is 6.42 Å². The molecule has 0 amide bonds. The second kappa shape index (κ2) is 6.09. The molecule has 4 heteroatoms. The fraction of sp³-hybridized carbons (Fsp3) is 0.333. The van der Waals surface area contributed by atoms with Crippen LogP contribution in [0.5, 0.6) is 0 Å². The van der Waals surface area contributed by atoms with Gasteiger partial charge in [-0.25, -0.2) is 0 Å². The van der Waals surface area contributed by atoms with Crippen molar-refractivity contribution in [3.05, 3.63) is 28.8 Å². The molecule has 0 aliphatic rings. The van der Waals surface area contributed by atoms with Crippen molar-refractivity contribution >= 4 is 11.3 Å². The number of hydrogen-bond donors (Lipinski definition) is 0. The van der Waals surface area contributed by atoms with Gasteiger partial charge >= 0.3 is 0 Å². The van der Waals surface area contributed by atoms with Gasteiger partial charge in [-0.05, 0) is 12.1 Å². The SMILES string of the molecule is CC.CCc1cc(-c2ccc(C#N)s2)no1. The molecule has 0 aliphatic heterocycles. The summed E-state index contributed by atoms with van der Waals surface area (Å²) >= 11 is 1.43. The van der Waals surface area contributed by atoms with E-state index in [9.17, 15) is 0 Å². The van der Waals surface area contributed by atoms with Crippen molar-refractivity contribution in [3.63, 3.8) is 0 Å². The van der Waals surface area contributed by atoms with Crippen LogP contribution >= 0.6 is 11.3 Å². The molecule has 2 rings (SSSR count). The van der Waals surface area contributed by atoms with E-state index >= 15 is 0 Å². The van der Waals surface area contributed by atoms with Crippen LogP contribution in [0, 0.1) is 11.3 Å². The first kappa shape index (κ1) is 12.5. The quantitative estimate of drug-likeness (QED) is 0.792. The molecule has 0 N–H and O–H groups in total. The number of aryl methyl sites for hydroxylation is 1. The number of rotatable bonds is 2. The topological polar surface area (TPSA) is 49.8 Å². The Morgan fingerprint density at radius 2 is 2.19 bits per heavy atom. The molecular formula is C12H14N2OS.